The van der Waals surface area contributed by atoms with Crippen LogP contribution in [0, 0.1) is 0 Å². The first-order valence-electron chi connectivity index (χ1n) is 0. The van der Waals surface area contributed by atoms with Gasteiger partial charge in [-0.25, -0.2) is 0 Å². The van der Waals surface area contributed by atoms with Crippen LogP contribution in [0.5, 0.6) is 0 Å². The fourth-order valence-electron chi connectivity index (χ4n) is 0. The van der Waals surface area contributed by atoms with Crippen molar-refractivity contribution >= 4 is 73.9 Å². The van der Waals surface area contributed by atoms with Crippen LogP contribution in [-0.4, -0.2) is 73.9 Å². The molecule has 0 rings (SSSR count). The van der Waals surface area contributed by atoms with Gasteiger partial charge in [0.05, 0.1) is 0 Å². The van der Waals surface area contributed by atoms with Crippen LogP contribution in [-0.2, 0) is 27.7 Å². The molecule has 0 N–H and O–H groups in total. The van der Waals surface area contributed by atoms with Crippen LogP contribution in [0.3, 0.4) is 0 Å². The van der Waals surface area contributed by atoms with Crippen molar-refractivity contribution in [1.82, 2.24) is 0 Å². The Bertz CT molecular complexity index is 8.00. The maximum absolute atomic E-state index is 0. The minimum atomic E-state index is 0. The number of rotatable bonds is 0. The maximum atomic E-state index is 0. The van der Waals surface area contributed by atoms with E-state index in [9.17, 15) is 0 Å². The molecule has 0 saturated heterocycles. The van der Waals surface area contributed by atoms with Gasteiger partial charge in [0.2, 0.25) is 0 Å². The van der Waals surface area contributed by atoms with Gasteiger partial charge in [0, 0.05) is 27.7 Å². The zero-order chi connectivity index (χ0) is 0. The first kappa shape index (κ1) is 26.2. The van der Waals surface area contributed by atoms with Gasteiger partial charge in [0.15, 0.2) is 0 Å². The first-order valence-corrected chi connectivity index (χ1v) is 0. The quantitative estimate of drug-likeness (QED) is 0.267. The molecule has 0 unspecified atom stereocenters. The van der Waals surface area contributed by atoms with E-state index in [0.29, 0.717) is 0 Å². The van der Waals surface area contributed by atoms with Gasteiger partial charge < -0.3 is 0 Å². The molecule has 4 heteroatoms. The topological polar surface area (TPSA) is 0 Å². The average molecular weight is 573 g/mol. The summed E-state index contributed by atoms with van der Waals surface area (Å²) in [5, 5.41) is 0. The fourth-order valence-corrected chi connectivity index (χ4v) is 0. The molecular weight excluding hydrogens is 565 g/mol. The second-order valence-electron chi connectivity index (χ2n) is 0. The molecule has 0 bridgehead atoms. The van der Waals surface area contributed by atoms with E-state index < -0.39 is 0 Å². The molecule has 0 aromatic heterocycles. The third-order valence-corrected chi connectivity index (χ3v) is 0. The third-order valence-electron chi connectivity index (χ3n) is 0. The molecule has 0 aliphatic rings. The van der Waals surface area contributed by atoms with Crippen LogP contribution < -0.4 is 0 Å². The monoisotopic (exact) mass is 576 g/mol. The Morgan fingerprint density at radius 3 is 1.00 bits per heavy atom. The Morgan fingerprint density at radius 2 is 1.00 bits per heavy atom. The molecule has 0 aromatic rings. The van der Waals surface area contributed by atoms with Gasteiger partial charge in [0.1, 0.15) is 0 Å². The molecule has 0 radical (unpaired) electrons. The van der Waals surface area contributed by atoms with Crippen LogP contribution in [0.25, 0.3) is 0 Å². The zero-order valence-electron chi connectivity index (χ0n) is 1.91. The van der Waals surface area contributed by atoms with Crippen molar-refractivity contribution in [3.8, 4) is 0 Å². The van der Waals surface area contributed by atoms with Crippen molar-refractivity contribution in [3.05, 3.63) is 0 Å². The Balaban J connectivity index is 0. The summed E-state index contributed by atoms with van der Waals surface area (Å²) in [6, 6.07) is 0. The summed E-state index contributed by atoms with van der Waals surface area (Å²) >= 11 is 0. The van der Waals surface area contributed by atoms with E-state index in [1.165, 1.54) is 0 Å². The van der Waals surface area contributed by atoms with E-state index in [1.54, 1.807) is 0 Å². The summed E-state index contributed by atoms with van der Waals surface area (Å²) < 4.78 is 0. The van der Waals surface area contributed by atoms with Gasteiger partial charge in [-0.2, -0.15) is 0 Å². The molecule has 0 spiro atoms. The van der Waals surface area contributed by atoms with Gasteiger partial charge in [0.25, 0.3) is 0 Å². The molecule has 0 saturated carbocycles. The molecule has 0 nitrogen and oxygen atoms in total. The summed E-state index contributed by atoms with van der Waals surface area (Å²) in [7, 11) is 0. The van der Waals surface area contributed by atoms with E-state index >= 15 is 0 Å². The summed E-state index contributed by atoms with van der Waals surface area (Å²) in [6.45, 7) is 0. The fraction of sp³-hybridized carbons (Fsp3) is 0. The molecule has 0 amide bonds. The van der Waals surface area contributed by atoms with Crippen LogP contribution in [0.4, 0.5) is 0 Å². The van der Waals surface area contributed by atoms with E-state index in [1.807, 2.05) is 0 Å². The Hall–Kier alpha value is 3.41. The van der Waals surface area contributed by atoms with Gasteiger partial charge >= 0.3 is 73.9 Å². The molecule has 0 aromatic carbocycles. The molecule has 0 fully saturated rings. The predicted octanol–water partition coefficient (Wildman–Crippen LogP) is -3.29. The average Bonchev–Trinajstić information content (AvgIpc) is 0. The van der Waals surface area contributed by atoms with Crippen LogP contribution in [0.2, 0.25) is 0 Å². The normalized spacial score (nSPS) is 0. The minimum absolute atomic E-state index is 0. The second-order valence-corrected chi connectivity index (χ2v) is 0. The molecule has 0 aliphatic heterocycles. The first-order chi connectivity index (χ1) is 0. The molecule has 4 heavy (non-hydrogen) atoms. The summed E-state index contributed by atoms with van der Waals surface area (Å²) in [6.07, 6.45) is 0. The van der Waals surface area contributed by atoms with Gasteiger partial charge in [-0.1, -0.05) is 0 Å². The standard InChI is InChI=1S/Hg.In.Sb.H2Te.6H/h;;;1H2;;;;;;. The van der Waals surface area contributed by atoms with E-state index in [4.69, 9.17) is 0 Å². The molecule has 0 heterocycles. The summed E-state index contributed by atoms with van der Waals surface area (Å²) in [5.41, 5.74) is 0. The van der Waals surface area contributed by atoms with E-state index in [-0.39, 0.29) is 102 Å². The third kappa shape index (κ3) is 9.05. The van der Waals surface area contributed by atoms with Crippen LogP contribution in [0.1, 0.15) is 0 Å². The van der Waals surface area contributed by atoms with Crippen molar-refractivity contribution in [3.63, 3.8) is 0 Å². The van der Waals surface area contributed by atoms with Crippen molar-refractivity contribution in [1.29, 1.82) is 0 Å². The van der Waals surface area contributed by atoms with Crippen LogP contribution in [0.15, 0.2) is 0 Å². The summed E-state index contributed by atoms with van der Waals surface area (Å²) in [4.78, 5) is 0. The molecule has 0 atom stereocenters. The summed E-state index contributed by atoms with van der Waals surface area (Å²) in [5.74, 6) is 0. The van der Waals surface area contributed by atoms with Gasteiger partial charge in [-0.15, -0.1) is 0 Å². The van der Waals surface area contributed by atoms with Crippen molar-refractivity contribution in [2.75, 3.05) is 0 Å². The Morgan fingerprint density at radius 1 is 1.00 bits per heavy atom. The van der Waals surface area contributed by atoms with E-state index in [0.717, 1.165) is 0 Å². The molecular formula is H8HgInSbTe. The molecule has 24 valence electrons. The van der Waals surface area contributed by atoms with Crippen LogP contribution >= 0.6 is 0 Å². The SMILES string of the molecule is [Hg].[InH3].[SbH3].[TeH2]. The molecule has 0 aliphatic carbocycles. The number of hydrogen-bond acceptors (Lipinski definition) is 0. The zero-order valence-corrected chi connectivity index (χ0v) is 14.3. The van der Waals surface area contributed by atoms with Gasteiger partial charge in [-0.3, -0.25) is 0 Å². The Kier molecular flexibility index (Phi) is 106. The Labute approximate surface area is 99.3 Å². The van der Waals surface area contributed by atoms with Crippen molar-refractivity contribution in [2.24, 2.45) is 0 Å². The van der Waals surface area contributed by atoms with Gasteiger partial charge in [-0.05, 0) is 0 Å². The second kappa shape index (κ2) is 16.1. The number of hydrogen-bond donors (Lipinski definition) is 0. The van der Waals surface area contributed by atoms with Crippen molar-refractivity contribution in [2.45, 2.75) is 0 Å². The van der Waals surface area contributed by atoms with E-state index in [2.05, 4.69) is 0 Å². The van der Waals surface area contributed by atoms with Crippen molar-refractivity contribution < 1.29 is 27.7 Å². The predicted molar refractivity (Wildman–Crippen MR) is 28.4 cm³/mol.